The highest BCUT2D eigenvalue weighted by Crippen LogP contribution is 2.36. The fourth-order valence-corrected chi connectivity index (χ4v) is 4.22. The first-order chi connectivity index (χ1) is 15.6. The number of rotatable bonds is 9. The first-order valence-corrected chi connectivity index (χ1v) is 11.2. The van der Waals surface area contributed by atoms with Gasteiger partial charge in [-0.25, -0.2) is 0 Å². The molecule has 0 saturated heterocycles. The highest BCUT2D eigenvalue weighted by atomic mass is 32.2. The summed E-state index contributed by atoms with van der Waals surface area (Å²) in [7, 11) is 1.65. The maximum atomic E-state index is 12.6. The highest BCUT2D eigenvalue weighted by Gasteiger charge is 2.33. The Morgan fingerprint density at radius 3 is 1.84 bits per heavy atom. The molecular formula is C26H26O5S. The number of benzene rings is 3. The quantitative estimate of drug-likeness (QED) is 0.307. The molecular weight excluding hydrogens is 424 g/mol. The second-order valence-corrected chi connectivity index (χ2v) is 7.95. The van der Waals surface area contributed by atoms with Gasteiger partial charge in [-0.05, 0) is 60.9 Å². The van der Waals surface area contributed by atoms with E-state index in [1.54, 1.807) is 33.1 Å². The molecule has 3 rings (SSSR count). The van der Waals surface area contributed by atoms with Crippen LogP contribution in [0.2, 0.25) is 0 Å². The van der Waals surface area contributed by atoms with E-state index in [0.717, 1.165) is 26.7 Å². The van der Waals surface area contributed by atoms with Gasteiger partial charge >= 0.3 is 11.9 Å². The summed E-state index contributed by atoms with van der Waals surface area (Å²) in [5.41, 5.74) is 2.75. The van der Waals surface area contributed by atoms with Crippen molar-refractivity contribution in [3.8, 4) is 16.9 Å². The van der Waals surface area contributed by atoms with Crippen molar-refractivity contribution in [3.05, 3.63) is 78.4 Å². The molecule has 6 heteroatoms. The first kappa shape index (κ1) is 23.4. The topological polar surface area (TPSA) is 61.8 Å². The van der Waals surface area contributed by atoms with Crippen LogP contribution in [0.3, 0.4) is 0 Å². The fourth-order valence-electron chi connectivity index (χ4n) is 3.24. The number of carbonyl (C=O) groups is 2. The normalized spacial score (nSPS) is 10.6. The lowest BCUT2D eigenvalue weighted by Gasteiger charge is -2.17. The van der Waals surface area contributed by atoms with E-state index in [-0.39, 0.29) is 13.2 Å². The summed E-state index contributed by atoms with van der Waals surface area (Å²) in [5.74, 6) is -1.50. The Labute approximate surface area is 192 Å². The van der Waals surface area contributed by atoms with E-state index < -0.39 is 17.9 Å². The van der Waals surface area contributed by atoms with Crippen molar-refractivity contribution >= 4 is 23.7 Å². The molecule has 3 aromatic carbocycles. The Morgan fingerprint density at radius 2 is 1.31 bits per heavy atom. The van der Waals surface area contributed by atoms with Crippen LogP contribution in [0, 0.1) is 0 Å². The van der Waals surface area contributed by atoms with Crippen LogP contribution in [-0.4, -0.2) is 32.3 Å². The molecule has 32 heavy (non-hydrogen) atoms. The predicted octanol–water partition coefficient (Wildman–Crippen LogP) is 5.72. The Hall–Kier alpha value is -3.25. The van der Waals surface area contributed by atoms with Gasteiger partial charge < -0.3 is 14.2 Å². The summed E-state index contributed by atoms with van der Waals surface area (Å²) in [6.45, 7) is 3.81. The molecule has 0 aliphatic heterocycles. The third-order valence-corrected chi connectivity index (χ3v) is 5.88. The molecule has 0 spiro atoms. The van der Waals surface area contributed by atoms with Gasteiger partial charge in [-0.15, -0.1) is 0 Å². The van der Waals surface area contributed by atoms with Gasteiger partial charge in [0.15, 0.2) is 5.92 Å². The van der Waals surface area contributed by atoms with Gasteiger partial charge in [0.2, 0.25) is 0 Å². The van der Waals surface area contributed by atoms with Gasteiger partial charge in [-0.3, -0.25) is 9.59 Å². The van der Waals surface area contributed by atoms with Crippen molar-refractivity contribution in [1.82, 2.24) is 0 Å². The first-order valence-electron chi connectivity index (χ1n) is 10.4. The minimum absolute atomic E-state index is 0.191. The molecule has 0 atom stereocenters. The summed E-state index contributed by atoms with van der Waals surface area (Å²) in [5, 5.41) is 0. The molecule has 0 aromatic heterocycles. The molecule has 0 radical (unpaired) electrons. The predicted molar refractivity (Wildman–Crippen MR) is 125 cm³/mol. The Morgan fingerprint density at radius 1 is 0.781 bits per heavy atom. The average Bonchev–Trinajstić information content (AvgIpc) is 2.81. The zero-order chi connectivity index (χ0) is 22.9. The third-order valence-electron chi connectivity index (χ3n) is 4.78. The molecule has 3 aromatic rings. The number of esters is 2. The summed E-state index contributed by atoms with van der Waals surface area (Å²) in [6, 6.07) is 23.4. The molecule has 0 aliphatic carbocycles. The van der Waals surface area contributed by atoms with Crippen molar-refractivity contribution in [3.63, 3.8) is 0 Å². The lowest BCUT2D eigenvalue weighted by Crippen LogP contribution is -2.26. The number of hydrogen-bond acceptors (Lipinski definition) is 6. The van der Waals surface area contributed by atoms with E-state index in [4.69, 9.17) is 14.2 Å². The highest BCUT2D eigenvalue weighted by molar-refractivity contribution is 7.99. The van der Waals surface area contributed by atoms with Crippen LogP contribution < -0.4 is 4.74 Å². The lowest BCUT2D eigenvalue weighted by atomic mass is 9.99. The fraction of sp³-hybridized carbons (Fsp3) is 0.231. The third kappa shape index (κ3) is 5.71. The summed E-state index contributed by atoms with van der Waals surface area (Å²) >= 11 is 1.49. The maximum Gasteiger partial charge on any atom is 0.324 e. The van der Waals surface area contributed by atoms with E-state index >= 15 is 0 Å². The van der Waals surface area contributed by atoms with E-state index in [2.05, 4.69) is 0 Å². The van der Waals surface area contributed by atoms with Crippen molar-refractivity contribution in [2.45, 2.75) is 29.6 Å². The molecule has 166 valence electrons. The van der Waals surface area contributed by atoms with Crippen LogP contribution in [0.5, 0.6) is 5.75 Å². The number of ether oxygens (including phenoxy) is 3. The van der Waals surface area contributed by atoms with Gasteiger partial charge in [0.05, 0.1) is 20.3 Å². The zero-order valence-electron chi connectivity index (χ0n) is 18.4. The maximum absolute atomic E-state index is 12.6. The molecule has 0 N–H and O–H groups in total. The van der Waals surface area contributed by atoms with Gasteiger partial charge in [0, 0.05) is 9.79 Å². The average molecular weight is 451 g/mol. The molecule has 0 saturated carbocycles. The molecule has 0 bridgehead atoms. The van der Waals surface area contributed by atoms with Gasteiger partial charge in [-0.1, -0.05) is 54.2 Å². The molecule has 5 nitrogen and oxygen atoms in total. The van der Waals surface area contributed by atoms with Gasteiger partial charge in [-0.2, -0.15) is 0 Å². The van der Waals surface area contributed by atoms with Gasteiger partial charge in [0.1, 0.15) is 5.75 Å². The molecule has 0 unspecified atom stereocenters. The number of methoxy groups -OCH3 is 1. The van der Waals surface area contributed by atoms with Gasteiger partial charge in [0.25, 0.3) is 0 Å². The monoisotopic (exact) mass is 450 g/mol. The van der Waals surface area contributed by atoms with E-state index in [9.17, 15) is 9.59 Å². The summed E-state index contributed by atoms with van der Waals surface area (Å²) in [6.07, 6.45) is 0. The smallest absolute Gasteiger partial charge is 0.324 e. The number of hydrogen-bond donors (Lipinski definition) is 0. The molecule has 0 heterocycles. The SMILES string of the molecule is CCOC(=O)C(C(=O)OCC)c1ccccc1Sc1ccc(-c2ccc(OC)cc2)cc1. The Kier molecular flexibility index (Phi) is 8.34. The minimum atomic E-state index is -1.11. The van der Waals surface area contributed by atoms with Crippen LogP contribution in [0.25, 0.3) is 11.1 Å². The lowest BCUT2D eigenvalue weighted by molar-refractivity contribution is -0.157. The Balaban J connectivity index is 1.86. The van der Waals surface area contributed by atoms with E-state index in [1.165, 1.54) is 11.8 Å². The molecule has 0 amide bonds. The van der Waals surface area contributed by atoms with Crippen LogP contribution in [0.1, 0.15) is 25.3 Å². The molecule has 0 aliphatic rings. The van der Waals surface area contributed by atoms with E-state index in [0.29, 0.717) is 5.56 Å². The van der Waals surface area contributed by atoms with Crippen molar-refractivity contribution < 1.29 is 23.8 Å². The van der Waals surface area contributed by atoms with Crippen LogP contribution in [0.4, 0.5) is 0 Å². The van der Waals surface area contributed by atoms with E-state index in [1.807, 2.05) is 60.7 Å². The molecule has 0 fully saturated rings. The summed E-state index contributed by atoms with van der Waals surface area (Å²) in [4.78, 5) is 26.9. The van der Waals surface area contributed by atoms with Crippen LogP contribution in [-0.2, 0) is 19.1 Å². The van der Waals surface area contributed by atoms with Crippen molar-refractivity contribution in [2.75, 3.05) is 20.3 Å². The van der Waals surface area contributed by atoms with Crippen LogP contribution >= 0.6 is 11.8 Å². The van der Waals surface area contributed by atoms with Crippen molar-refractivity contribution in [2.24, 2.45) is 0 Å². The Bertz CT molecular complexity index is 1030. The second-order valence-electron chi connectivity index (χ2n) is 6.83. The second kappa shape index (κ2) is 11.4. The zero-order valence-corrected chi connectivity index (χ0v) is 19.2. The standard InChI is InChI=1S/C26H26O5S/c1-4-30-25(27)24(26(28)31-5-2)22-8-6-7-9-23(22)32-21-16-12-19(13-17-21)18-10-14-20(29-3)15-11-18/h6-17,24H,4-5H2,1-3H3. The number of carbonyl (C=O) groups excluding carboxylic acids is 2. The summed E-state index contributed by atoms with van der Waals surface area (Å²) < 4.78 is 15.5. The largest absolute Gasteiger partial charge is 0.497 e. The van der Waals surface area contributed by atoms with Crippen LogP contribution in [0.15, 0.2) is 82.6 Å². The minimum Gasteiger partial charge on any atom is -0.497 e. The van der Waals surface area contributed by atoms with Crippen molar-refractivity contribution in [1.29, 1.82) is 0 Å².